The van der Waals surface area contributed by atoms with Crippen molar-refractivity contribution in [1.82, 2.24) is 9.80 Å². The van der Waals surface area contributed by atoms with E-state index in [0.717, 1.165) is 45.3 Å². The van der Waals surface area contributed by atoms with E-state index in [0.29, 0.717) is 30.0 Å². The summed E-state index contributed by atoms with van der Waals surface area (Å²) in [5.41, 5.74) is 0.285. The molecule has 0 bridgehead atoms. The molecule has 3 rings (SSSR count). The molecule has 1 amide bonds. The van der Waals surface area contributed by atoms with Crippen LogP contribution >= 0.6 is 0 Å². The van der Waals surface area contributed by atoms with Crippen molar-refractivity contribution < 1.29 is 29.1 Å². The van der Waals surface area contributed by atoms with Gasteiger partial charge in [0.2, 0.25) is 0 Å². The summed E-state index contributed by atoms with van der Waals surface area (Å²) in [4.78, 5) is 41.4. The Kier molecular flexibility index (Phi) is 11.1. The highest BCUT2D eigenvalue weighted by Crippen LogP contribution is 2.42. The van der Waals surface area contributed by atoms with Crippen molar-refractivity contribution in [3.8, 4) is 11.5 Å². The van der Waals surface area contributed by atoms with Gasteiger partial charge in [0.05, 0.1) is 30.8 Å². The van der Waals surface area contributed by atoms with E-state index in [9.17, 15) is 24.8 Å². The number of nitro benzene ring substituents is 1. The number of methoxy groups -OCH3 is 2. The zero-order chi connectivity index (χ0) is 29.2. The first-order valence-electron chi connectivity index (χ1n) is 13.7. The van der Waals surface area contributed by atoms with Crippen LogP contribution in [0.5, 0.6) is 11.5 Å². The SMILES string of the molecule is CCCCN(CCCC)CCCN1C(=O)C(=O)C(=C(O)c2cccc([N+](=O)[O-])c2)[C@@H]1c1ccc(OC)c(OC)c1. The minimum Gasteiger partial charge on any atom is -0.507 e. The molecule has 216 valence electrons. The Morgan fingerprint density at radius 1 is 0.975 bits per heavy atom. The predicted molar refractivity (Wildman–Crippen MR) is 153 cm³/mol. The molecule has 1 fully saturated rings. The van der Waals surface area contributed by atoms with Gasteiger partial charge in [0.25, 0.3) is 17.4 Å². The van der Waals surface area contributed by atoms with Crippen molar-refractivity contribution in [1.29, 1.82) is 0 Å². The second kappa shape index (κ2) is 14.5. The lowest BCUT2D eigenvalue weighted by Crippen LogP contribution is -2.34. The van der Waals surface area contributed by atoms with E-state index in [2.05, 4.69) is 18.7 Å². The van der Waals surface area contributed by atoms with E-state index >= 15 is 0 Å². The monoisotopic (exact) mass is 553 g/mol. The maximum absolute atomic E-state index is 13.4. The Morgan fingerprint density at radius 3 is 2.23 bits per heavy atom. The van der Waals surface area contributed by atoms with Gasteiger partial charge in [-0.05, 0) is 56.6 Å². The third-order valence-corrected chi connectivity index (χ3v) is 7.12. The van der Waals surface area contributed by atoms with E-state index in [-0.39, 0.29) is 16.8 Å². The number of Topliss-reactive ketones (excluding diaryl/α,β-unsaturated/α-hetero) is 1. The molecule has 1 atom stereocenters. The third kappa shape index (κ3) is 6.98. The van der Waals surface area contributed by atoms with E-state index in [1.807, 2.05) is 0 Å². The van der Waals surface area contributed by atoms with Gasteiger partial charge in [-0.15, -0.1) is 0 Å². The fourth-order valence-corrected chi connectivity index (χ4v) is 4.97. The molecule has 0 unspecified atom stereocenters. The molecule has 0 saturated carbocycles. The summed E-state index contributed by atoms with van der Waals surface area (Å²) in [5.74, 6) is -1.13. The molecule has 40 heavy (non-hydrogen) atoms. The number of ketones is 1. The second-order valence-electron chi connectivity index (χ2n) is 9.82. The lowest BCUT2D eigenvalue weighted by atomic mass is 9.94. The number of non-ortho nitro benzene ring substituents is 1. The van der Waals surface area contributed by atoms with Crippen molar-refractivity contribution in [3.05, 3.63) is 69.3 Å². The molecule has 10 heteroatoms. The van der Waals surface area contributed by atoms with Crippen molar-refractivity contribution >= 4 is 23.1 Å². The quantitative estimate of drug-likeness (QED) is 0.103. The van der Waals surface area contributed by atoms with Gasteiger partial charge in [0, 0.05) is 24.2 Å². The highest BCUT2D eigenvalue weighted by molar-refractivity contribution is 6.46. The highest BCUT2D eigenvalue weighted by atomic mass is 16.6. The number of likely N-dealkylation sites (tertiary alicyclic amines) is 1. The predicted octanol–water partition coefficient (Wildman–Crippen LogP) is 5.33. The number of carbonyl (C=O) groups excluding carboxylic acids is 2. The standard InChI is InChI=1S/C30H39N3O7/c1-5-7-15-31(16-8-6-2)17-10-18-32-27(21-13-14-24(39-3)25(20-21)40-4)26(29(35)30(32)36)28(34)22-11-9-12-23(19-22)33(37)38/h9,11-14,19-20,27,34H,5-8,10,15-18H2,1-4H3/t27-/m0/s1. The number of nitro groups is 1. The van der Waals surface area contributed by atoms with Crippen LogP contribution in [0.2, 0.25) is 0 Å². The first kappa shape index (κ1) is 30.6. The molecule has 1 saturated heterocycles. The van der Waals surface area contributed by atoms with E-state index in [4.69, 9.17) is 9.47 Å². The smallest absolute Gasteiger partial charge is 0.295 e. The molecule has 0 spiro atoms. The summed E-state index contributed by atoms with van der Waals surface area (Å²) >= 11 is 0. The van der Waals surface area contributed by atoms with Gasteiger partial charge < -0.3 is 24.4 Å². The van der Waals surface area contributed by atoms with Crippen LogP contribution in [0.15, 0.2) is 48.0 Å². The number of hydrogen-bond acceptors (Lipinski definition) is 8. The number of ether oxygens (including phenoxy) is 2. The largest absolute Gasteiger partial charge is 0.507 e. The lowest BCUT2D eigenvalue weighted by molar-refractivity contribution is -0.384. The number of unbranched alkanes of at least 4 members (excludes halogenated alkanes) is 2. The van der Waals surface area contributed by atoms with E-state index in [1.165, 1.54) is 43.4 Å². The first-order chi connectivity index (χ1) is 19.3. The minimum absolute atomic E-state index is 0.0861. The van der Waals surface area contributed by atoms with Crippen molar-refractivity contribution in [3.63, 3.8) is 0 Å². The molecule has 2 aromatic rings. The molecule has 0 aromatic heterocycles. The van der Waals surface area contributed by atoms with Gasteiger partial charge in [-0.25, -0.2) is 0 Å². The average Bonchev–Trinajstić information content (AvgIpc) is 3.22. The van der Waals surface area contributed by atoms with Crippen LogP contribution in [0, 0.1) is 10.1 Å². The number of hydrogen-bond donors (Lipinski definition) is 1. The topological polar surface area (TPSA) is 122 Å². The molecule has 0 aliphatic carbocycles. The maximum atomic E-state index is 13.4. The molecule has 1 heterocycles. The number of amides is 1. The van der Waals surface area contributed by atoms with E-state index < -0.39 is 28.4 Å². The number of nitrogens with zero attached hydrogens (tertiary/aromatic N) is 3. The Morgan fingerprint density at radius 2 is 1.62 bits per heavy atom. The highest BCUT2D eigenvalue weighted by Gasteiger charge is 2.46. The van der Waals surface area contributed by atoms with Crippen LogP contribution in [0.25, 0.3) is 5.76 Å². The van der Waals surface area contributed by atoms with Crippen LogP contribution < -0.4 is 9.47 Å². The second-order valence-corrected chi connectivity index (χ2v) is 9.82. The summed E-state index contributed by atoms with van der Waals surface area (Å²) < 4.78 is 10.8. The lowest BCUT2D eigenvalue weighted by Gasteiger charge is -2.28. The summed E-state index contributed by atoms with van der Waals surface area (Å²) in [5, 5.41) is 22.6. The first-order valence-corrected chi connectivity index (χ1v) is 13.7. The molecule has 0 radical (unpaired) electrons. The maximum Gasteiger partial charge on any atom is 0.295 e. The third-order valence-electron chi connectivity index (χ3n) is 7.12. The molecule has 1 aliphatic rings. The zero-order valence-electron chi connectivity index (χ0n) is 23.7. The Bertz CT molecular complexity index is 1240. The molecule has 1 N–H and O–H groups in total. The van der Waals surface area contributed by atoms with Gasteiger partial charge in [-0.3, -0.25) is 19.7 Å². The van der Waals surface area contributed by atoms with Gasteiger partial charge >= 0.3 is 0 Å². The van der Waals surface area contributed by atoms with Crippen molar-refractivity contribution in [2.24, 2.45) is 0 Å². The number of rotatable bonds is 15. The summed E-state index contributed by atoms with van der Waals surface area (Å²) in [6.45, 7) is 7.32. The average molecular weight is 554 g/mol. The minimum atomic E-state index is -0.904. The number of benzene rings is 2. The van der Waals surface area contributed by atoms with Crippen LogP contribution in [0.1, 0.15) is 63.1 Å². The normalized spacial score (nSPS) is 16.5. The molecule has 10 nitrogen and oxygen atoms in total. The Labute approximate surface area is 235 Å². The summed E-state index contributed by atoms with van der Waals surface area (Å²) in [6, 6.07) is 9.56. The van der Waals surface area contributed by atoms with Crippen molar-refractivity contribution in [2.75, 3.05) is 40.4 Å². The van der Waals surface area contributed by atoms with Crippen molar-refractivity contribution in [2.45, 2.75) is 52.0 Å². The van der Waals surface area contributed by atoms with Gasteiger partial charge in [0.15, 0.2) is 11.5 Å². The van der Waals surface area contributed by atoms with Crippen LogP contribution in [0.3, 0.4) is 0 Å². The number of aliphatic hydroxyl groups is 1. The van der Waals surface area contributed by atoms with Crippen LogP contribution in [-0.4, -0.2) is 71.9 Å². The Balaban J connectivity index is 2.03. The van der Waals surface area contributed by atoms with Crippen LogP contribution in [-0.2, 0) is 9.59 Å². The van der Waals surface area contributed by atoms with Gasteiger partial charge in [-0.2, -0.15) is 0 Å². The molecular weight excluding hydrogens is 514 g/mol. The fourth-order valence-electron chi connectivity index (χ4n) is 4.97. The van der Waals surface area contributed by atoms with Crippen LogP contribution in [0.4, 0.5) is 5.69 Å². The number of carbonyl (C=O) groups is 2. The molecular formula is C30H39N3O7. The summed E-state index contributed by atoms with van der Waals surface area (Å²) in [6.07, 6.45) is 5.00. The Hall–Kier alpha value is -3.92. The molecule has 1 aliphatic heterocycles. The summed E-state index contributed by atoms with van der Waals surface area (Å²) in [7, 11) is 3.00. The van der Waals surface area contributed by atoms with Gasteiger partial charge in [0.1, 0.15) is 5.76 Å². The zero-order valence-corrected chi connectivity index (χ0v) is 23.7. The fraction of sp³-hybridized carbons (Fsp3) is 0.467. The molecule has 2 aromatic carbocycles. The van der Waals surface area contributed by atoms with E-state index in [1.54, 1.807) is 18.2 Å². The number of aliphatic hydroxyl groups excluding tert-OH is 1. The van der Waals surface area contributed by atoms with Gasteiger partial charge in [-0.1, -0.05) is 44.9 Å².